The third-order valence-electron chi connectivity index (χ3n) is 5.06. The van der Waals surface area contributed by atoms with E-state index in [-0.39, 0.29) is 25.1 Å². The lowest BCUT2D eigenvalue weighted by Gasteiger charge is -2.36. The molecular formula is C16H20F3N3O2. The van der Waals surface area contributed by atoms with E-state index >= 15 is 0 Å². The zero-order valence-electron chi connectivity index (χ0n) is 13.1. The molecule has 2 heterocycles. The Kier molecular flexibility index (Phi) is 4.29. The molecule has 1 aliphatic carbocycles. The molecule has 1 aromatic heterocycles. The number of hydrogen-bond donors (Lipinski definition) is 2. The number of pyridine rings is 1. The minimum absolute atomic E-state index is 0.0854. The molecular weight excluding hydrogens is 323 g/mol. The van der Waals surface area contributed by atoms with Gasteiger partial charge < -0.3 is 15.7 Å². The molecule has 1 fully saturated rings. The van der Waals surface area contributed by atoms with E-state index in [1.165, 1.54) is 4.90 Å². The zero-order valence-corrected chi connectivity index (χ0v) is 13.1. The van der Waals surface area contributed by atoms with E-state index in [2.05, 4.69) is 4.98 Å². The van der Waals surface area contributed by atoms with Gasteiger partial charge in [-0.1, -0.05) is 0 Å². The summed E-state index contributed by atoms with van der Waals surface area (Å²) in [6, 6.07) is 0.935. The molecule has 0 aromatic carbocycles. The third kappa shape index (κ3) is 3.00. The van der Waals surface area contributed by atoms with Crippen LogP contribution in [0.3, 0.4) is 0 Å². The van der Waals surface area contributed by atoms with Crippen molar-refractivity contribution in [1.82, 2.24) is 9.88 Å². The molecule has 1 amide bonds. The van der Waals surface area contributed by atoms with Crippen molar-refractivity contribution in [2.45, 2.75) is 44.4 Å². The predicted octanol–water partition coefficient (Wildman–Crippen LogP) is 1.47. The van der Waals surface area contributed by atoms with Gasteiger partial charge in [-0.15, -0.1) is 0 Å². The zero-order chi connectivity index (χ0) is 17.5. The van der Waals surface area contributed by atoms with Crippen LogP contribution < -0.4 is 5.73 Å². The number of aromatic nitrogens is 1. The third-order valence-corrected chi connectivity index (χ3v) is 5.06. The molecule has 132 valence electrons. The molecule has 3 rings (SSSR count). The van der Waals surface area contributed by atoms with Gasteiger partial charge in [0.2, 0.25) is 5.91 Å². The quantitative estimate of drug-likeness (QED) is 0.852. The number of alkyl halides is 3. The molecule has 0 radical (unpaired) electrons. The first-order valence-electron chi connectivity index (χ1n) is 7.96. The molecule has 5 nitrogen and oxygen atoms in total. The van der Waals surface area contributed by atoms with E-state index < -0.39 is 17.2 Å². The molecule has 1 unspecified atom stereocenters. The Hall–Kier alpha value is -1.67. The van der Waals surface area contributed by atoms with Crippen molar-refractivity contribution in [3.63, 3.8) is 0 Å². The molecule has 8 heteroatoms. The second kappa shape index (κ2) is 6.00. The van der Waals surface area contributed by atoms with Gasteiger partial charge in [-0.3, -0.25) is 9.78 Å². The van der Waals surface area contributed by atoms with Gasteiger partial charge in [-0.25, -0.2) is 0 Å². The molecule has 0 saturated heterocycles. The SMILES string of the molecule is NC1CC[C@](CO)(C(=O)N2CCc3ncc(C(F)(F)F)cc3C2)C1. The maximum Gasteiger partial charge on any atom is 0.417 e. The van der Waals surface area contributed by atoms with Crippen molar-refractivity contribution in [3.05, 3.63) is 29.1 Å². The lowest BCUT2D eigenvalue weighted by atomic mass is 9.84. The molecule has 1 aromatic rings. The van der Waals surface area contributed by atoms with Crippen molar-refractivity contribution < 1.29 is 23.1 Å². The number of aliphatic hydroxyl groups is 1. The summed E-state index contributed by atoms with van der Waals surface area (Å²) in [5, 5.41) is 9.72. The van der Waals surface area contributed by atoms with E-state index in [0.717, 1.165) is 12.3 Å². The summed E-state index contributed by atoms with van der Waals surface area (Å²) in [6.07, 6.45) is -1.64. The van der Waals surface area contributed by atoms with Crippen LogP contribution in [-0.4, -0.2) is 40.1 Å². The van der Waals surface area contributed by atoms with Crippen molar-refractivity contribution in [1.29, 1.82) is 0 Å². The number of hydrogen-bond acceptors (Lipinski definition) is 4. The number of nitrogens with zero attached hydrogens (tertiary/aromatic N) is 2. The van der Waals surface area contributed by atoms with Gasteiger partial charge in [0.05, 0.1) is 17.6 Å². The van der Waals surface area contributed by atoms with E-state index in [4.69, 9.17) is 5.73 Å². The first-order chi connectivity index (χ1) is 11.2. The van der Waals surface area contributed by atoms with Gasteiger partial charge in [0, 0.05) is 37.4 Å². The molecule has 3 N–H and O–H groups in total. The normalized spacial score (nSPS) is 27.2. The number of rotatable bonds is 2. The van der Waals surface area contributed by atoms with Crippen LogP contribution in [0.4, 0.5) is 13.2 Å². The molecule has 1 aliphatic heterocycles. The maximum absolute atomic E-state index is 12.9. The Labute approximate surface area is 137 Å². The number of nitrogens with two attached hydrogens (primary N) is 1. The van der Waals surface area contributed by atoms with Gasteiger partial charge in [0.1, 0.15) is 0 Å². The van der Waals surface area contributed by atoms with Gasteiger partial charge in [-0.2, -0.15) is 13.2 Å². The Morgan fingerprint density at radius 2 is 2.25 bits per heavy atom. The number of aliphatic hydroxyl groups excluding tert-OH is 1. The van der Waals surface area contributed by atoms with Crippen LogP contribution in [0.25, 0.3) is 0 Å². The highest BCUT2D eigenvalue weighted by Crippen LogP contribution is 2.40. The average Bonchev–Trinajstić information content (AvgIpc) is 2.95. The minimum atomic E-state index is -4.46. The summed E-state index contributed by atoms with van der Waals surface area (Å²) < 4.78 is 38.6. The molecule has 2 atom stereocenters. The molecule has 2 aliphatic rings. The number of halogens is 3. The van der Waals surface area contributed by atoms with E-state index in [0.29, 0.717) is 43.5 Å². The Bertz CT molecular complexity index is 650. The van der Waals surface area contributed by atoms with E-state index in [1.807, 2.05) is 0 Å². The second-order valence-corrected chi connectivity index (χ2v) is 6.75. The fourth-order valence-corrected chi connectivity index (χ4v) is 3.66. The molecule has 24 heavy (non-hydrogen) atoms. The van der Waals surface area contributed by atoms with Crippen LogP contribution in [0, 0.1) is 5.41 Å². The highest BCUT2D eigenvalue weighted by Gasteiger charge is 2.46. The fraction of sp³-hybridized carbons (Fsp3) is 0.625. The highest BCUT2D eigenvalue weighted by atomic mass is 19.4. The largest absolute Gasteiger partial charge is 0.417 e. The van der Waals surface area contributed by atoms with Crippen molar-refractivity contribution in [2.24, 2.45) is 11.1 Å². The highest BCUT2D eigenvalue weighted by molar-refractivity contribution is 5.83. The summed E-state index contributed by atoms with van der Waals surface area (Å²) in [7, 11) is 0. The summed E-state index contributed by atoms with van der Waals surface area (Å²) >= 11 is 0. The summed E-state index contributed by atoms with van der Waals surface area (Å²) in [4.78, 5) is 18.3. The first kappa shape index (κ1) is 17.2. The summed E-state index contributed by atoms with van der Waals surface area (Å²) in [5.74, 6) is -0.221. The maximum atomic E-state index is 12.9. The van der Waals surface area contributed by atoms with Crippen LogP contribution in [0.5, 0.6) is 0 Å². The second-order valence-electron chi connectivity index (χ2n) is 6.75. The summed E-state index contributed by atoms with van der Waals surface area (Å²) in [5.41, 5.74) is 5.18. The van der Waals surface area contributed by atoms with Crippen molar-refractivity contribution in [3.8, 4) is 0 Å². The first-order valence-corrected chi connectivity index (χ1v) is 7.96. The van der Waals surface area contributed by atoms with E-state index in [1.54, 1.807) is 0 Å². The Morgan fingerprint density at radius 3 is 2.83 bits per heavy atom. The van der Waals surface area contributed by atoms with Crippen LogP contribution in [0.15, 0.2) is 12.3 Å². The minimum Gasteiger partial charge on any atom is -0.395 e. The topological polar surface area (TPSA) is 79.5 Å². The average molecular weight is 343 g/mol. The number of carbonyl (C=O) groups excluding carboxylic acids is 1. The van der Waals surface area contributed by atoms with Gasteiger partial charge >= 0.3 is 6.18 Å². The van der Waals surface area contributed by atoms with E-state index in [9.17, 15) is 23.1 Å². The molecule has 1 saturated carbocycles. The number of fused-ring (bicyclic) bond motifs is 1. The summed E-state index contributed by atoms with van der Waals surface area (Å²) in [6.45, 7) is 0.187. The van der Waals surface area contributed by atoms with Gasteiger partial charge in [0.15, 0.2) is 0 Å². The monoisotopic (exact) mass is 343 g/mol. The van der Waals surface area contributed by atoms with Crippen LogP contribution in [0.2, 0.25) is 0 Å². The van der Waals surface area contributed by atoms with Crippen LogP contribution in [0.1, 0.15) is 36.1 Å². The Balaban J connectivity index is 1.82. The lowest BCUT2D eigenvalue weighted by molar-refractivity contribution is -0.145. The van der Waals surface area contributed by atoms with Crippen LogP contribution in [-0.2, 0) is 23.9 Å². The number of amides is 1. The van der Waals surface area contributed by atoms with Crippen molar-refractivity contribution in [2.75, 3.05) is 13.2 Å². The molecule has 0 bridgehead atoms. The number of carbonyl (C=O) groups is 1. The van der Waals surface area contributed by atoms with Gasteiger partial charge in [0.25, 0.3) is 0 Å². The van der Waals surface area contributed by atoms with Crippen molar-refractivity contribution >= 4 is 5.91 Å². The fourth-order valence-electron chi connectivity index (χ4n) is 3.66. The smallest absolute Gasteiger partial charge is 0.395 e. The Morgan fingerprint density at radius 1 is 1.50 bits per heavy atom. The lowest BCUT2D eigenvalue weighted by Crippen LogP contribution is -2.47. The standard InChI is InChI=1S/C16H20F3N3O2/c17-16(18,19)11-5-10-8-22(4-2-13(10)21-7-11)14(24)15(9-23)3-1-12(20)6-15/h5,7,12,23H,1-4,6,8-9,20H2/t12?,15-/m0/s1. The molecule has 0 spiro atoms. The van der Waals surface area contributed by atoms with Crippen LogP contribution >= 0.6 is 0 Å². The van der Waals surface area contributed by atoms with Gasteiger partial charge in [-0.05, 0) is 30.9 Å². The predicted molar refractivity (Wildman–Crippen MR) is 79.7 cm³/mol.